The number of hydrogen-bond donors (Lipinski definition) is 2. The zero-order valence-corrected chi connectivity index (χ0v) is 12.1. The van der Waals surface area contributed by atoms with Crippen molar-refractivity contribution >= 4 is 35.1 Å². The van der Waals surface area contributed by atoms with Gasteiger partial charge in [-0.2, -0.15) is 0 Å². The predicted molar refractivity (Wildman–Crippen MR) is 76.8 cm³/mol. The molecule has 0 radical (unpaired) electrons. The molecule has 1 heterocycles. The average Bonchev–Trinajstić information content (AvgIpc) is 2.88. The van der Waals surface area contributed by atoms with Gasteiger partial charge in [0.1, 0.15) is 6.04 Å². The topological polar surface area (TPSA) is 84.5 Å². The number of carbonyl (C=O) groups excluding carboxylic acids is 3. The molecule has 1 aliphatic rings. The largest absolute Gasteiger partial charge is 0.451 e. The zero-order valence-electron chi connectivity index (χ0n) is 11.4. The third-order valence-electron chi connectivity index (χ3n) is 3.05. The van der Waals surface area contributed by atoms with Crippen molar-refractivity contribution in [1.82, 2.24) is 5.32 Å². The van der Waals surface area contributed by atoms with E-state index in [1.807, 2.05) is 0 Å². The van der Waals surface area contributed by atoms with Crippen molar-refractivity contribution < 1.29 is 19.1 Å². The van der Waals surface area contributed by atoms with Crippen molar-refractivity contribution in [2.75, 3.05) is 5.32 Å². The van der Waals surface area contributed by atoms with Crippen molar-refractivity contribution in [3.63, 3.8) is 0 Å². The summed E-state index contributed by atoms with van der Waals surface area (Å²) in [6, 6.07) is 5.91. The molecule has 0 saturated carbocycles. The fourth-order valence-corrected chi connectivity index (χ4v) is 2.00. The highest BCUT2D eigenvalue weighted by Gasteiger charge is 2.30. The Balaban J connectivity index is 1.86. The van der Waals surface area contributed by atoms with Crippen molar-refractivity contribution in [1.29, 1.82) is 0 Å². The summed E-state index contributed by atoms with van der Waals surface area (Å²) in [5, 5.41) is 5.67. The zero-order chi connectivity index (χ0) is 15.4. The monoisotopic (exact) mass is 310 g/mol. The Morgan fingerprint density at radius 1 is 1.38 bits per heavy atom. The molecule has 0 bridgehead atoms. The average molecular weight is 311 g/mol. The third-order valence-corrected chi connectivity index (χ3v) is 3.31. The summed E-state index contributed by atoms with van der Waals surface area (Å²) in [6.07, 6.45) is -0.264. The summed E-state index contributed by atoms with van der Waals surface area (Å²) < 4.78 is 5.05. The smallest absolute Gasteiger partial charge is 0.329 e. The van der Waals surface area contributed by atoms with Gasteiger partial charge in [0.05, 0.1) is 0 Å². The molecule has 0 aliphatic carbocycles. The lowest BCUT2D eigenvalue weighted by atomic mass is 10.2. The lowest BCUT2D eigenvalue weighted by molar-refractivity contribution is -0.155. The van der Waals surface area contributed by atoms with Gasteiger partial charge < -0.3 is 15.4 Å². The van der Waals surface area contributed by atoms with E-state index in [1.165, 1.54) is 6.92 Å². The van der Waals surface area contributed by atoms with Crippen LogP contribution in [0.5, 0.6) is 0 Å². The van der Waals surface area contributed by atoms with Crippen molar-refractivity contribution in [3.05, 3.63) is 29.3 Å². The van der Waals surface area contributed by atoms with E-state index < -0.39 is 24.0 Å². The second kappa shape index (κ2) is 6.58. The van der Waals surface area contributed by atoms with Gasteiger partial charge in [0.2, 0.25) is 5.91 Å². The van der Waals surface area contributed by atoms with Gasteiger partial charge in [0, 0.05) is 17.1 Å². The van der Waals surface area contributed by atoms with E-state index in [9.17, 15) is 14.4 Å². The van der Waals surface area contributed by atoms with Crippen LogP contribution in [0.25, 0.3) is 0 Å². The minimum atomic E-state index is -0.953. The van der Waals surface area contributed by atoms with E-state index in [1.54, 1.807) is 24.3 Å². The van der Waals surface area contributed by atoms with Crippen LogP contribution in [0.3, 0.4) is 0 Å². The van der Waals surface area contributed by atoms with Gasteiger partial charge >= 0.3 is 5.97 Å². The Labute approximate surface area is 126 Å². The van der Waals surface area contributed by atoms with E-state index in [2.05, 4.69) is 10.6 Å². The Morgan fingerprint density at radius 3 is 2.62 bits per heavy atom. The highest BCUT2D eigenvalue weighted by Crippen LogP contribution is 2.14. The molecule has 2 rings (SSSR count). The van der Waals surface area contributed by atoms with Gasteiger partial charge in [0.25, 0.3) is 5.91 Å². The first-order valence-electron chi connectivity index (χ1n) is 6.52. The molecule has 2 atom stereocenters. The maximum atomic E-state index is 11.9. The van der Waals surface area contributed by atoms with Crippen LogP contribution in [-0.4, -0.2) is 29.9 Å². The summed E-state index contributed by atoms with van der Waals surface area (Å²) in [7, 11) is 0. The fourth-order valence-electron chi connectivity index (χ4n) is 1.88. The van der Waals surface area contributed by atoms with Gasteiger partial charge in [-0.05, 0) is 37.6 Å². The minimum Gasteiger partial charge on any atom is -0.451 e. The van der Waals surface area contributed by atoms with Gasteiger partial charge in [-0.25, -0.2) is 4.79 Å². The molecule has 0 aromatic heterocycles. The van der Waals surface area contributed by atoms with Crippen molar-refractivity contribution in [2.24, 2.45) is 0 Å². The molecule has 1 fully saturated rings. The first kappa shape index (κ1) is 15.3. The maximum absolute atomic E-state index is 11.9. The summed E-state index contributed by atoms with van der Waals surface area (Å²) >= 11 is 5.75. The maximum Gasteiger partial charge on any atom is 0.329 e. The molecule has 7 heteroatoms. The third kappa shape index (κ3) is 4.19. The van der Waals surface area contributed by atoms with Crippen molar-refractivity contribution in [3.8, 4) is 0 Å². The summed E-state index contributed by atoms with van der Waals surface area (Å²) in [6.45, 7) is 1.47. The Morgan fingerprint density at radius 2 is 2.05 bits per heavy atom. The number of anilines is 1. The number of hydrogen-bond acceptors (Lipinski definition) is 4. The van der Waals surface area contributed by atoms with Gasteiger partial charge in [-0.1, -0.05) is 11.6 Å². The SMILES string of the molecule is C[C@H](OC(=O)[C@@H]1CCC(=O)N1)C(=O)Nc1ccc(Cl)cc1. The first-order valence-corrected chi connectivity index (χ1v) is 6.90. The molecule has 1 saturated heterocycles. The van der Waals surface area contributed by atoms with Crippen LogP contribution in [0.15, 0.2) is 24.3 Å². The number of esters is 1. The lowest BCUT2D eigenvalue weighted by Gasteiger charge is -2.16. The molecule has 6 nitrogen and oxygen atoms in total. The number of nitrogens with one attached hydrogen (secondary N) is 2. The minimum absolute atomic E-state index is 0.185. The van der Waals surface area contributed by atoms with Gasteiger partial charge in [-0.15, -0.1) is 0 Å². The number of rotatable bonds is 4. The fraction of sp³-hybridized carbons (Fsp3) is 0.357. The molecule has 1 aliphatic heterocycles. The van der Waals surface area contributed by atoms with E-state index in [0.717, 1.165) is 0 Å². The van der Waals surface area contributed by atoms with Crippen LogP contribution in [0, 0.1) is 0 Å². The second-order valence-corrected chi connectivity index (χ2v) is 5.17. The number of ether oxygens (including phenoxy) is 1. The molecule has 1 aromatic rings. The van der Waals surface area contributed by atoms with Crippen molar-refractivity contribution in [2.45, 2.75) is 31.9 Å². The second-order valence-electron chi connectivity index (χ2n) is 4.73. The van der Waals surface area contributed by atoms with Crippen LogP contribution in [-0.2, 0) is 19.1 Å². The highest BCUT2D eigenvalue weighted by molar-refractivity contribution is 6.30. The molecule has 0 unspecified atom stereocenters. The lowest BCUT2D eigenvalue weighted by Crippen LogP contribution is -2.39. The van der Waals surface area contributed by atoms with Crippen LogP contribution in [0.4, 0.5) is 5.69 Å². The molecular formula is C14H15ClN2O4. The number of benzene rings is 1. The number of halogens is 1. The van der Waals surface area contributed by atoms with E-state index in [-0.39, 0.29) is 5.91 Å². The van der Waals surface area contributed by atoms with E-state index in [4.69, 9.17) is 16.3 Å². The summed E-state index contributed by atoms with van der Waals surface area (Å²) in [5.74, 6) is -1.23. The van der Waals surface area contributed by atoms with Crippen LogP contribution in [0.1, 0.15) is 19.8 Å². The Kier molecular flexibility index (Phi) is 4.80. The molecule has 2 N–H and O–H groups in total. The first-order chi connectivity index (χ1) is 9.95. The van der Waals surface area contributed by atoms with Crippen LogP contribution < -0.4 is 10.6 Å². The number of carbonyl (C=O) groups is 3. The standard InChI is InChI=1S/C14H15ClN2O4/c1-8(21-14(20)11-6-7-12(18)17-11)13(19)16-10-4-2-9(15)3-5-10/h2-5,8,11H,6-7H2,1H3,(H,16,19)(H,17,18)/t8-,11-/m0/s1. The van der Waals surface area contributed by atoms with Crippen LogP contribution >= 0.6 is 11.6 Å². The molecule has 0 spiro atoms. The molecule has 2 amide bonds. The highest BCUT2D eigenvalue weighted by atomic mass is 35.5. The van der Waals surface area contributed by atoms with Gasteiger partial charge in [0.15, 0.2) is 6.10 Å². The van der Waals surface area contributed by atoms with Crippen LogP contribution in [0.2, 0.25) is 5.02 Å². The quantitative estimate of drug-likeness (QED) is 0.825. The molecule has 21 heavy (non-hydrogen) atoms. The Hall–Kier alpha value is -2.08. The molecule has 1 aromatic carbocycles. The summed E-state index contributed by atoms with van der Waals surface area (Å²) in [5.41, 5.74) is 0.557. The van der Waals surface area contributed by atoms with E-state index >= 15 is 0 Å². The number of amides is 2. The molecular weight excluding hydrogens is 296 g/mol. The summed E-state index contributed by atoms with van der Waals surface area (Å²) in [4.78, 5) is 34.7. The van der Waals surface area contributed by atoms with E-state index in [0.29, 0.717) is 23.6 Å². The predicted octanol–water partition coefficient (Wildman–Crippen LogP) is 1.49. The normalized spacial score (nSPS) is 18.8. The van der Waals surface area contributed by atoms with Gasteiger partial charge in [-0.3, -0.25) is 9.59 Å². The Bertz CT molecular complexity index is 559. The molecule has 112 valence electrons.